The van der Waals surface area contributed by atoms with Gasteiger partial charge < -0.3 is 0 Å². The molecule has 24 heavy (non-hydrogen) atoms. The third kappa shape index (κ3) is 1.91. The molecule has 0 N–H and O–H groups in total. The topological polar surface area (TPSA) is 82.9 Å². The summed E-state index contributed by atoms with van der Waals surface area (Å²) in [6.07, 6.45) is 9.72. The van der Waals surface area contributed by atoms with Gasteiger partial charge in [0.1, 0.15) is 5.78 Å². The number of fused-ring (bicyclic) bond motifs is 5. The van der Waals surface area contributed by atoms with E-state index in [1.807, 2.05) is 6.08 Å². The van der Waals surface area contributed by atoms with Crippen molar-refractivity contribution < 1.29 is 9.59 Å². The third-order valence-electron chi connectivity index (χ3n) is 7.48. The first-order valence-corrected chi connectivity index (χ1v) is 8.93. The van der Waals surface area contributed by atoms with Crippen LogP contribution in [0.1, 0.15) is 46.0 Å². The summed E-state index contributed by atoms with van der Waals surface area (Å²) < 4.78 is 0. The average molecular weight is 325 g/mol. The van der Waals surface area contributed by atoms with Gasteiger partial charge in [-0.25, -0.2) is 0 Å². The van der Waals surface area contributed by atoms with Crippen molar-refractivity contribution in [3.05, 3.63) is 34.2 Å². The number of hydrogen-bond donors (Lipinski definition) is 0. The molecule has 0 bridgehead atoms. The van der Waals surface area contributed by atoms with Crippen molar-refractivity contribution in [3.63, 3.8) is 0 Å². The maximum absolute atomic E-state index is 12.5. The predicted molar refractivity (Wildman–Crippen MR) is 89.9 cm³/mol. The Morgan fingerprint density at radius 1 is 1.25 bits per heavy atom. The minimum absolute atomic E-state index is 0.0178. The molecule has 4 aliphatic rings. The number of allylic oxidation sites excluding steroid dienone is 3. The number of azide groups is 1. The SMILES string of the molecule is C[C@]12C=CC(=O)C=C1[C@H](N=[N+]=[N-])C[C@@H]1[C@@H]2CC[C@]2(C)C(=O)CC[C@@H]12. The zero-order chi connectivity index (χ0) is 17.1. The maximum Gasteiger partial charge on any atom is 0.178 e. The molecule has 5 nitrogen and oxygen atoms in total. The number of carbonyl (C=O) groups is 2. The lowest BCUT2D eigenvalue weighted by molar-refractivity contribution is -0.131. The molecule has 0 radical (unpaired) electrons. The minimum Gasteiger partial charge on any atom is -0.299 e. The Bertz CT molecular complexity index is 733. The molecular weight excluding hydrogens is 302 g/mol. The van der Waals surface area contributed by atoms with Crippen LogP contribution in [-0.2, 0) is 9.59 Å². The first-order chi connectivity index (χ1) is 11.4. The van der Waals surface area contributed by atoms with Gasteiger partial charge in [-0.3, -0.25) is 9.59 Å². The van der Waals surface area contributed by atoms with Crippen LogP contribution in [-0.4, -0.2) is 17.6 Å². The Kier molecular flexibility index (Phi) is 3.30. The standard InChI is InChI=1S/C19H23N3O2/c1-18-7-5-11(23)9-15(18)16(21-22-20)10-12-13-3-4-17(24)19(13,2)8-6-14(12)18/h5,7,9,12-14,16H,3-4,6,8,10H2,1-2H3/t12-,13-,14-,16+,18+,19-/m0/s1. The van der Waals surface area contributed by atoms with Gasteiger partial charge in [-0.15, -0.1) is 0 Å². The summed E-state index contributed by atoms with van der Waals surface area (Å²) in [5.41, 5.74) is 9.55. The van der Waals surface area contributed by atoms with Crippen LogP contribution in [0.15, 0.2) is 28.9 Å². The van der Waals surface area contributed by atoms with E-state index < -0.39 is 0 Å². The zero-order valence-corrected chi connectivity index (χ0v) is 14.2. The van der Waals surface area contributed by atoms with Gasteiger partial charge in [0.15, 0.2) is 5.78 Å². The molecule has 3 fully saturated rings. The molecule has 0 spiro atoms. The van der Waals surface area contributed by atoms with E-state index in [4.69, 9.17) is 5.53 Å². The van der Waals surface area contributed by atoms with E-state index in [2.05, 4.69) is 23.9 Å². The van der Waals surface area contributed by atoms with Crippen molar-refractivity contribution in [2.45, 2.75) is 52.0 Å². The molecule has 4 aliphatic carbocycles. The average Bonchev–Trinajstić information content (AvgIpc) is 2.85. The van der Waals surface area contributed by atoms with Crippen LogP contribution in [0.3, 0.4) is 0 Å². The van der Waals surface area contributed by atoms with Gasteiger partial charge in [-0.05, 0) is 66.7 Å². The van der Waals surface area contributed by atoms with Crippen LogP contribution >= 0.6 is 0 Å². The second kappa shape index (κ2) is 5.06. The summed E-state index contributed by atoms with van der Waals surface area (Å²) >= 11 is 0. The van der Waals surface area contributed by atoms with E-state index in [9.17, 15) is 9.59 Å². The Morgan fingerprint density at radius 3 is 2.79 bits per heavy atom. The molecule has 0 amide bonds. The molecule has 0 aromatic rings. The molecule has 126 valence electrons. The van der Waals surface area contributed by atoms with Gasteiger partial charge in [-0.2, -0.15) is 0 Å². The fourth-order valence-electron chi connectivity index (χ4n) is 6.19. The highest BCUT2D eigenvalue weighted by Gasteiger charge is 2.59. The monoisotopic (exact) mass is 325 g/mol. The molecule has 3 saturated carbocycles. The number of ketones is 2. The molecule has 4 rings (SSSR count). The number of hydrogen-bond acceptors (Lipinski definition) is 3. The third-order valence-corrected chi connectivity index (χ3v) is 7.48. The predicted octanol–water partition coefficient (Wildman–Crippen LogP) is 4.15. The Morgan fingerprint density at radius 2 is 2.04 bits per heavy atom. The van der Waals surface area contributed by atoms with Crippen LogP contribution in [0, 0.1) is 28.6 Å². The Balaban J connectivity index is 1.80. The summed E-state index contributed by atoms with van der Waals surface area (Å²) in [5, 5.41) is 4.04. The molecule has 0 aromatic carbocycles. The fraction of sp³-hybridized carbons (Fsp3) is 0.684. The van der Waals surface area contributed by atoms with Crippen molar-refractivity contribution >= 4 is 11.6 Å². The highest BCUT2D eigenvalue weighted by atomic mass is 16.1. The van der Waals surface area contributed by atoms with Gasteiger partial charge in [0, 0.05) is 22.2 Å². The molecule has 5 heteroatoms. The van der Waals surface area contributed by atoms with E-state index in [-0.39, 0.29) is 22.7 Å². The van der Waals surface area contributed by atoms with Crippen molar-refractivity contribution in [1.29, 1.82) is 0 Å². The van der Waals surface area contributed by atoms with Crippen LogP contribution < -0.4 is 0 Å². The van der Waals surface area contributed by atoms with Gasteiger partial charge in [0.2, 0.25) is 0 Å². The zero-order valence-electron chi connectivity index (χ0n) is 14.2. The fourth-order valence-corrected chi connectivity index (χ4v) is 6.19. The summed E-state index contributed by atoms with van der Waals surface area (Å²) in [6, 6.07) is -0.270. The van der Waals surface area contributed by atoms with E-state index in [1.165, 1.54) is 0 Å². The number of rotatable bonds is 1. The molecule has 0 heterocycles. The molecular formula is C19H23N3O2. The van der Waals surface area contributed by atoms with Gasteiger partial charge >= 0.3 is 0 Å². The largest absolute Gasteiger partial charge is 0.299 e. The number of Topliss-reactive ketones (excluding diaryl/α,β-unsaturated/α-hetero) is 1. The lowest BCUT2D eigenvalue weighted by Gasteiger charge is -2.57. The molecule has 6 atom stereocenters. The van der Waals surface area contributed by atoms with Gasteiger partial charge in [-0.1, -0.05) is 25.0 Å². The number of carbonyl (C=O) groups excluding carboxylic acids is 2. The summed E-state index contributed by atoms with van der Waals surface area (Å²) in [6.45, 7) is 4.32. The lowest BCUT2D eigenvalue weighted by Crippen LogP contribution is -2.52. The van der Waals surface area contributed by atoms with Gasteiger partial charge in [0.25, 0.3) is 0 Å². The first-order valence-electron chi connectivity index (χ1n) is 8.93. The molecule has 0 unspecified atom stereocenters. The molecule has 0 aromatic heterocycles. The molecule has 0 aliphatic heterocycles. The van der Waals surface area contributed by atoms with E-state index in [1.54, 1.807) is 12.2 Å². The highest BCUT2D eigenvalue weighted by Crippen LogP contribution is 2.63. The minimum atomic E-state index is -0.270. The van der Waals surface area contributed by atoms with E-state index in [0.29, 0.717) is 30.0 Å². The van der Waals surface area contributed by atoms with Crippen LogP contribution in [0.4, 0.5) is 0 Å². The summed E-state index contributed by atoms with van der Waals surface area (Å²) in [7, 11) is 0. The van der Waals surface area contributed by atoms with Gasteiger partial charge in [0.05, 0.1) is 6.04 Å². The first kappa shape index (κ1) is 15.6. The van der Waals surface area contributed by atoms with Crippen molar-refractivity contribution in [1.82, 2.24) is 0 Å². The van der Waals surface area contributed by atoms with Crippen molar-refractivity contribution in [3.8, 4) is 0 Å². The van der Waals surface area contributed by atoms with E-state index >= 15 is 0 Å². The van der Waals surface area contributed by atoms with Crippen molar-refractivity contribution in [2.24, 2.45) is 33.7 Å². The van der Waals surface area contributed by atoms with Crippen molar-refractivity contribution in [2.75, 3.05) is 0 Å². The lowest BCUT2D eigenvalue weighted by atomic mass is 9.47. The summed E-state index contributed by atoms with van der Waals surface area (Å²) in [4.78, 5) is 27.4. The number of nitrogens with zero attached hydrogens (tertiary/aromatic N) is 3. The second-order valence-electron chi connectivity index (χ2n) is 8.37. The van der Waals surface area contributed by atoms with Crippen LogP contribution in [0.25, 0.3) is 10.4 Å². The quantitative estimate of drug-likeness (QED) is 0.412. The summed E-state index contributed by atoms with van der Waals surface area (Å²) in [5.74, 6) is 1.57. The molecule has 0 saturated heterocycles. The van der Waals surface area contributed by atoms with Crippen LogP contribution in [0.2, 0.25) is 0 Å². The second-order valence-corrected chi connectivity index (χ2v) is 8.37. The smallest absolute Gasteiger partial charge is 0.178 e. The normalized spacial score (nSPS) is 46.5. The van der Waals surface area contributed by atoms with E-state index in [0.717, 1.165) is 31.3 Å². The Labute approximate surface area is 141 Å². The highest BCUT2D eigenvalue weighted by molar-refractivity contribution is 6.01. The Hall–Kier alpha value is -1.87. The van der Waals surface area contributed by atoms with Crippen LogP contribution in [0.5, 0.6) is 0 Å². The maximum atomic E-state index is 12.5.